The second-order valence-electron chi connectivity index (χ2n) is 5.65. The third-order valence-electron chi connectivity index (χ3n) is 3.76. The molecule has 7 heteroatoms. The average Bonchev–Trinajstić information content (AvgIpc) is 3.02. The summed E-state index contributed by atoms with van der Waals surface area (Å²) < 4.78 is 10.6. The molecule has 1 amide bonds. The van der Waals surface area contributed by atoms with E-state index in [4.69, 9.17) is 32.7 Å². The molecule has 1 aliphatic heterocycles. The fourth-order valence-corrected chi connectivity index (χ4v) is 2.73. The maximum atomic E-state index is 12.3. The lowest BCUT2D eigenvalue weighted by atomic mass is 9.95. The van der Waals surface area contributed by atoms with E-state index in [-0.39, 0.29) is 18.9 Å². The minimum atomic E-state index is -1.29. The molecule has 0 fully saturated rings. The van der Waals surface area contributed by atoms with Crippen LogP contribution in [0.15, 0.2) is 36.4 Å². The topological polar surface area (TPSA) is 67.8 Å². The number of halogens is 2. The first-order valence-corrected chi connectivity index (χ1v) is 7.98. The van der Waals surface area contributed by atoms with E-state index in [2.05, 4.69) is 5.32 Å². The molecule has 3 rings (SSSR count). The first kappa shape index (κ1) is 16.9. The Morgan fingerprint density at radius 1 is 1.21 bits per heavy atom. The quantitative estimate of drug-likeness (QED) is 0.869. The van der Waals surface area contributed by atoms with Crippen LogP contribution in [0.1, 0.15) is 22.8 Å². The van der Waals surface area contributed by atoms with Crippen LogP contribution >= 0.6 is 23.2 Å². The highest BCUT2D eigenvalue weighted by Crippen LogP contribution is 2.35. The summed E-state index contributed by atoms with van der Waals surface area (Å²) in [6.07, 6.45) is 0. The number of carbonyl (C=O) groups excluding carboxylic acids is 1. The average molecular weight is 368 g/mol. The number of nitrogens with one attached hydrogen (secondary N) is 1. The van der Waals surface area contributed by atoms with Crippen LogP contribution in [0.5, 0.6) is 11.5 Å². The molecular formula is C17H15Cl2NO4. The fourth-order valence-electron chi connectivity index (χ4n) is 2.35. The number of hydrogen-bond acceptors (Lipinski definition) is 4. The Morgan fingerprint density at radius 2 is 1.96 bits per heavy atom. The maximum Gasteiger partial charge on any atom is 0.252 e. The summed E-state index contributed by atoms with van der Waals surface area (Å²) in [4.78, 5) is 12.3. The second-order valence-corrected chi connectivity index (χ2v) is 6.49. The zero-order chi connectivity index (χ0) is 17.3. The number of ether oxygens (including phenoxy) is 2. The van der Waals surface area contributed by atoms with Crippen LogP contribution in [0.3, 0.4) is 0 Å². The monoisotopic (exact) mass is 367 g/mol. The van der Waals surface area contributed by atoms with Gasteiger partial charge in [-0.2, -0.15) is 0 Å². The van der Waals surface area contributed by atoms with Gasteiger partial charge >= 0.3 is 0 Å². The molecule has 0 saturated heterocycles. The molecule has 126 valence electrons. The number of hydrogen-bond donors (Lipinski definition) is 2. The molecule has 0 bridgehead atoms. The summed E-state index contributed by atoms with van der Waals surface area (Å²) in [6, 6.07) is 9.78. The molecule has 0 aliphatic carbocycles. The second kappa shape index (κ2) is 6.51. The predicted octanol–water partition coefficient (Wildman–Crippen LogP) is 3.36. The molecule has 24 heavy (non-hydrogen) atoms. The molecule has 0 unspecified atom stereocenters. The number of rotatable bonds is 4. The van der Waals surface area contributed by atoms with Gasteiger partial charge in [0.1, 0.15) is 5.60 Å². The van der Waals surface area contributed by atoms with Crippen LogP contribution in [0.2, 0.25) is 10.0 Å². The molecule has 2 aromatic carbocycles. The van der Waals surface area contributed by atoms with Gasteiger partial charge in [-0.05, 0) is 42.8 Å². The van der Waals surface area contributed by atoms with Gasteiger partial charge in [-0.3, -0.25) is 4.79 Å². The first-order valence-electron chi connectivity index (χ1n) is 7.22. The Labute approximate surface area is 149 Å². The van der Waals surface area contributed by atoms with E-state index in [9.17, 15) is 9.90 Å². The van der Waals surface area contributed by atoms with Crippen molar-refractivity contribution < 1.29 is 19.4 Å². The summed E-state index contributed by atoms with van der Waals surface area (Å²) in [5.41, 5.74) is -0.434. The molecule has 1 aliphatic rings. The Bertz CT molecular complexity index is 792. The van der Waals surface area contributed by atoms with Gasteiger partial charge in [0, 0.05) is 5.02 Å². The molecule has 0 spiro atoms. The van der Waals surface area contributed by atoms with Crippen LogP contribution < -0.4 is 14.8 Å². The standard InChI is InChI=1S/C17H15Cl2NO4/c1-17(22,10-2-5-14-15(6-10)24-9-23-14)8-20-16(21)12-7-11(18)3-4-13(12)19/h2-7,22H,8-9H2,1H3,(H,20,21)/t17-/m1/s1. The van der Waals surface area contributed by atoms with Crippen molar-refractivity contribution in [3.8, 4) is 11.5 Å². The lowest BCUT2D eigenvalue weighted by Gasteiger charge is -2.24. The molecule has 2 aromatic rings. The molecular weight excluding hydrogens is 353 g/mol. The highest BCUT2D eigenvalue weighted by atomic mass is 35.5. The predicted molar refractivity (Wildman–Crippen MR) is 90.9 cm³/mol. The van der Waals surface area contributed by atoms with E-state index in [0.29, 0.717) is 27.1 Å². The van der Waals surface area contributed by atoms with Crippen LogP contribution in [-0.4, -0.2) is 24.4 Å². The van der Waals surface area contributed by atoms with Crippen molar-refractivity contribution in [2.75, 3.05) is 13.3 Å². The van der Waals surface area contributed by atoms with Crippen molar-refractivity contribution in [3.63, 3.8) is 0 Å². The van der Waals surface area contributed by atoms with Crippen molar-refractivity contribution in [1.82, 2.24) is 5.32 Å². The smallest absolute Gasteiger partial charge is 0.252 e. The fraction of sp³-hybridized carbons (Fsp3) is 0.235. The van der Waals surface area contributed by atoms with Gasteiger partial charge in [-0.15, -0.1) is 0 Å². The van der Waals surface area contributed by atoms with E-state index in [0.717, 1.165) is 0 Å². The van der Waals surface area contributed by atoms with Gasteiger partial charge in [0.15, 0.2) is 11.5 Å². The summed E-state index contributed by atoms with van der Waals surface area (Å²) >= 11 is 11.9. The highest BCUT2D eigenvalue weighted by Gasteiger charge is 2.27. The molecule has 2 N–H and O–H groups in total. The molecule has 0 saturated carbocycles. The van der Waals surface area contributed by atoms with E-state index in [1.165, 1.54) is 6.07 Å². The summed E-state index contributed by atoms with van der Waals surface area (Å²) in [5.74, 6) is 0.782. The third kappa shape index (κ3) is 3.43. The minimum Gasteiger partial charge on any atom is -0.454 e. The number of amides is 1. The Balaban J connectivity index is 1.73. The van der Waals surface area contributed by atoms with Gasteiger partial charge in [-0.1, -0.05) is 29.3 Å². The SMILES string of the molecule is C[C@@](O)(CNC(=O)c1cc(Cl)ccc1Cl)c1ccc2c(c1)OCO2. The van der Waals surface area contributed by atoms with Crippen LogP contribution in [0.25, 0.3) is 0 Å². The van der Waals surface area contributed by atoms with Gasteiger partial charge in [0.25, 0.3) is 5.91 Å². The van der Waals surface area contributed by atoms with E-state index in [1.807, 2.05) is 0 Å². The zero-order valence-corrected chi connectivity index (χ0v) is 14.3. The Kier molecular flexibility index (Phi) is 4.58. The molecule has 1 atom stereocenters. The maximum absolute atomic E-state index is 12.3. The lowest BCUT2D eigenvalue weighted by Crippen LogP contribution is -2.38. The highest BCUT2D eigenvalue weighted by molar-refractivity contribution is 6.35. The number of fused-ring (bicyclic) bond motifs is 1. The van der Waals surface area contributed by atoms with Crippen molar-refractivity contribution in [3.05, 3.63) is 57.6 Å². The van der Waals surface area contributed by atoms with Gasteiger partial charge < -0.3 is 19.9 Å². The summed E-state index contributed by atoms with van der Waals surface area (Å²) in [6.45, 7) is 1.75. The third-order valence-corrected chi connectivity index (χ3v) is 4.33. The number of aliphatic hydroxyl groups is 1. The van der Waals surface area contributed by atoms with Crippen molar-refractivity contribution in [2.24, 2.45) is 0 Å². The van der Waals surface area contributed by atoms with Crippen molar-refractivity contribution >= 4 is 29.1 Å². The number of carbonyl (C=O) groups is 1. The van der Waals surface area contributed by atoms with Crippen molar-refractivity contribution in [2.45, 2.75) is 12.5 Å². The van der Waals surface area contributed by atoms with E-state index < -0.39 is 11.5 Å². The Hall–Kier alpha value is -1.95. The van der Waals surface area contributed by atoms with Crippen LogP contribution in [0.4, 0.5) is 0 Å². The molecule has 0 aromatic heterocycles. The zero-order valence-electron chi connectivity index (χ0n) is 12.8. The van der Waals surface area contributed by atoms with Crippen LogP contribution in [-0.2, 0) is 5.60 Å². The number of benzene rings is 2. The molecule has 1 heterocycles. The molecule has 5 nitrogen and oxygen atoms in total. The van der Waals surface area contributed by atoms with E-state index in [1.54, 1.807) is 37.3 Å². The van der Waals surface area contributed by atoms with Crippen LogP contribution in [0, 0.1) is 0 Å². The minimum absolute atomic E-state index is 0.00564. The van der Waals surface area contributed by atoms with E-state index >= 15 is 0 Å². The normalized spacial score (nSPS) is 15.0. The lowest BCUT2D eigenvalue weighted by molar-refractivity contribution is 0.0525. The first-order chi connectivity index (χ1) is 11.4. The Morgan fingerprint density at radius 3 is 2.75 bits per heavy atom. The largest absolute Gasteiger partial charge is 0.454 e. The van der Waals surface area contributed by atoms with Gasteiger partial charge in [-0.25, -0.2) is 0 Å². The summed E-state index contributed by atoms with van der Waals surface area (Å²) in [7, 11) is 0. The van der Waals surface area contributed by atoms with Gasteiger partial charge in [0.2, 0.25) is 6.79 Å². The summed E-state index contributed by atoms with van der Waals surface area (Å²) in [5, 5.41) is 14.0. The molecule has 0 radical (unpaired) electrons. The van der Waals surface area contributed by atoms with Gasteiger partial charge in [0.05, 0.1) is 17.1 Å². The van der Waals surface area contributed by atoms with Crippen molar-refractivity contribution in [1.29, 1.82) is 0 Å².